The first-order chi connectivity index (χ1) is 12.0. The summed E-state index contributed by atoms with van der Waals surface area (Å²) in [4.78, 5) is 10.0. The Bertz CT molecular complexity index is 662. The van der Waals surface area contributed by atoms with Crippen molar-refractivity contribution in [2.75, 3.05) is 5.33 Å². The third-order valence-corrected chi connectivity index (χ3v) is 3.22. The van der Waals surface area contributed by atoms with Crippen molar-refractivity contribution in [1.29, 1.82) is 0 Å². The average molecular weight is 437 g/mol. The molecule has 1 atom stereocenters. The molecule has 1 unspecified atom stereocenters. The molecule has 0 aliphatic carbocycles. The number of aromatic hydroxyl groups is 2. The van der Waals surface area contributed by atoms with Crippen LogP contribution in [0.2, 0.25) is 0 Å². The fraction of sp³-hybridized carbons (Fsp3) is 0.150. The van der Waals surface area contributed by atoms with Gasteiger partial charge in [0.1, 0.15) is 17.8 Å². The van der Waals surface area contributed by atoms with E-state index < -0.39 is 6.10 Å². The van der Waals surface area contributed by atoms with Crippen molar-refractivity contribution >= 4 is 39.6 Å². The lowest BCUT2D eigenvalue weighted by Gasteiger charge is -2.07. The zero-order valence-corrected chi connectivity index (χ0v) is 15.5. The largest absolute Gasteiger partial charge is 0.508 e. The third kappa shape index (κ3) is 12.5. The molecule has 0 fully saturated rings. The minimum atomic E-state index is -0.561. The minimum absolute atomic E-state index is 0. The summed E-state index contributed by atoms with van der Waals surface area (Å²) in [5, 5.41) is 28.2. The second kappa shape index (κ2) is 16.6. The molecule has 0 amide bonds. The zero-order chi connectivity index (χ0) is 19.1. The first-order valence-electron chi connectivity index (χ1n) is 7.47. The number of rotatable bonds is 5. The number of aliphatic hydroxyl groups excluding tert-OH is 1. The van der Waals surface area contributed by atoms with Gasteiger partial charge in [0.25, 0.3) is 0 Å². The highest BCUT2D eigenvalue weighted by Gasteiger charge is 2.04. The van der Waals surface area contributed by atoms with Crippen LogP contribution in [0, 0.1) is 0 Å². The first-order valence-corrected chi connectivity index (χ1v) is 8.59. The lowest BCUT2D eigenvalue weighted by Crippen LogP contribution is -1.94. The van der Waals surface area contributed by atoms with Gasteiger partial charge in [-0.05, 0) is 36.2 Å². The molecule has 0 heterocycles. The molecule has 2 aromatic rings. The highest BCUT2D eigenvalue weighted by molar-refractivity contribution is 9.09. The lowest BCUT2D eigenvalue weighted by atomic mass is 10.1. The van der Waals surface area contributed by atoms with Crippen LogP contribution >= 0.6 is 15.9 Å². The van der Waals surface area contributed by atoms with Gasteiger partial charge in [-0.3, -0.25) is 4.79 Å². The molecule has 0 spiro atoms. The summed E-state index contributed by atoms with van der Waals surface area (Å²) < 4.78 is 0. The van der Waals surface area contributed by atoms with Gasteiger partial charge in [0.05, 0.1) is 6.10 Å². The molecule has 3 N–H and O–H groups in total. The quantitative estimate of drug-likeness (QED) is 0.289. The molecule has 0 bridgehead atoms. The number of phenolic OH excluding ortho intramolecular Hbond substituents is 2. The van der Waals surface area contributed by atoms with E-state index in [-0.39, 0.29) is 28.9 Å². The summed E-state index contributed by atoms with van der Waals surface area (Å²) in [6.45, 7) is 6.96. The number of hydrogen-bond acceptors (Lipinski definition) is 4. The minimum Gasteiger partial charge on any atom is -0.508 e. The number of carbonyl (C=O) groups excluding carboxylic acids is 1. The van der Waals surface area contributed by atoms with Crippen LogP contribution in [-0.4, -0.2) is 44.3 Å². The maximum absolute atomic E-state index is 10.0. The van der Waals surface area contributed by atoms with Gasteiger partial charge >= 0.3 is 0 Å². The van der Waals surface area contributed by atoms with Gasteiger partial charge in [-0.2, -0.15) is 0 Å². The predicted octanol–water partition coefficient (Wildman–Crippen LogP) is 3.59. The van der Waals surface area contributed by atoms with Crippen molar-refractivity contribution in [3.63, 3.8) is 0 Å². The van der Waals surface area contributed by atoms with Crippen LogP contribution in [0.3, 0.4) is 0 Å². The Hall–Kier alpha value is -1.84. The Labute approximate surface area is 173 Å². The molecule has 0 aliphatic heterocycles. The highest BCUT2D eigenvalue weighted by atomic mass is 79.9. The van der Waals surface area contributed by atoms with Gasteiger partial charge in [-0.15, -0.1) is 13.2 Å². The van der Waals surface area contributed by atoms with Gasteiger partial charge in [0.15, 0.2) is 17.4 Å². The van der Waals surface area contributed by atoms with Crippen LogP contribution in [-0.2, 0) is 0 Å². The summed E-state index contributed by atoms with van der Waals surface area (Å²) in [6.07, 6.45) is 4.08. The van der Waals surface area contributed by atoms with Gasteiger partial charge < -0.3 is 15.3 Å². The number of halogens is 1. The van der Waals surface area contributed by atoms with E-state index in [0.29, 0.717) is 18.3 Å². The van der Waals surface area contributed by atoms with E-state index in [4.69, 9.17) is 10.2 Å². The van der Waals surface area contributed by atoms with E-state index in [2.05, 4.69) is 29.1 Å². The Kier molecular flexibility index (Phi) is 16.9. The maximum atomic E-state index is 10.0. The molecule has 0 radical (unpaired) electrons. The van der Waals surface area contributed by atoms with E-state index in [1.54, 1.807) is 48.6 Å². The fourth-order valence-corrected chi connectivity index (χ4v) is 1.62. The highest BCUT2D eigenvalue weighted by Crippen LogP contribution is 2.20. The zero-order valence-electron chi connectivity index (χ0n) is 13.9. The average Bonchev–Trinajstić information content (AvgIpc) is 2.62. The Morgan fingerprint density at radius 1 is 1.00 bits per heavy atom. The second-order valence-electron chi connectivity index (χ2n) is 4.79. The molecule has 2 rings (SSSR count). The van der Waals surface area contributed by atoms with E-state index in [1.165, 1.54) is 12.1 Å². The maximum Gasteiger partial charge on any atom is 0.187 e. The van der Waals surface area contributed by atoms with Crippen molar-refractivity contribution in [2.24, 2.45) is 0 Å². The van der Waals surface area contributed by atoms with Crippen molar-refractivity contribution < 1.29 is 20.1 Å². The normalized spacial score (nSPS) is 9.77. The molecule has 140 valence electrons. The lowest BCUT2D eigenvalue weighted by molar-refractivity contribution is 0.112. The van der Waals surface area contributed by atoms with Crippen LogP contribution < -0.4 is 0 Å². The number of aldehydes is 1. The van der Waals surface area contributed by atoms with Crippen LogP contribution in [0.25, 0.3) is 0 Å². The van der Waals surface area contributed by atoms with Crippen molar-refractivity contribution in [3.05, 3.63) is 85.0 Å². The molecule has 26 heavy (non-hydrogen) atoms. The monoisotopic (exact) mass is 436 g/mol. The molecule has 6 heteroatoms. The first kappa shape index (κ1) is 26.4. The predicted molar refractivity (Wildman–Crippen MR) is 115 cm³/mol. The number of alkyl halides is 1. The van der Waals surface area contributed by atoms with Gasteiger partial charge in [-0.1, -0.05) is 52.3 Å². The summed E-state index contributed by atoms with van der Waals surface area (Å²) in [6, 6.07) is 12.8. The third-order valence-electron chi connectivity index (χ3n) is 2.76. The topological polar surface area (TPSA) is 77.8 Å². The van der Waals surface area contributed by atoms with Gasteiger partial charge in [0.2, 0.25) is 0 Å². The molecule has 4 nitrogen and oxygen atoms in total. The van der Waals surface area contributed by atoms with Crippen molar-refractivity contribution in [2.45, 2.75) is 12.5 Å². The molecule has 0 saturated heterocycles. The van der Waals surface area contributed by atoms with Crippen LogP contribution in [0.1, 0.15) is 28.4 Å². The summed E-state index contributed by atoms with van der Waals surface area (Å²) in [5.74, 6) is 0.301. The van der Waals surface area contributed by atoms with E-state index in [9.17, 15) is 9.90 Å². The fourth-order valence-electron chi connectivity index (χ4n) is 1.62. The number of allylic oxidation sites excluding steroid dienone is 1. The van der Waals surface area contributed by atoms with Gasteiger partial charge in [0, 0.05) is 10.9 Å². The van der Waals surface area contributed by atoms with Crippen LogP contribution in [0.4, 0.5) is 0 Å². The smallest absolute Gasteiger partial charge is 0.187 e. The number of carbonyl (C=O) groups is 1. The number of phenols is 2. The molecule has 0 aliphatic rings. The molecule has 0 aromatic heterocycles. The number of aliphatic hydroxyl groups is 1. The molecular formula is C20H26AlBrO4. The second-order valence-corrected chi connectivity index (χ2v) is 5.44. The Balaban J connectivity index is 0. The van der Waals surface area contributed by atoms with Crippen LogP contribution in [0.5, 0.6) is 11.5 Å². The van der Waals surface area contributed by atoms with Crippen molar-refractivity contribution in [3.8, 4) is 11.5 Å². The van der Waals surface area contributed by atoms with E-state index in [0.717, 1.165) is 10.9 Å². The number of hydrogen-bond donors (Lipinski definition) is 3. The number of benzene rings is 2. The Morgan fingerprint density at radius 2 is 1.54 bits per heavy atom. The summed E-state index contributed by atoms with van der Waals surface area (Å²) in [5.41, 5.74) is 1.21. The standard InChI is InChI=1S/C10H12O2.C7H6O2.C3H5Br.Al.3H/c1-2-4-10(12)8-5-3-6-9(11)7-8;8-5-6-2-1-3-7(9)4-6;1-2-3-4;;;;/h2-3,5-7,10-12H,1,4H2;1-5,9H;2H,1,3H2;;;;. The van der Waals surface area contributed by atoms with Crippen LogP contribution in [0.15, 0.2) is 73.8 Å². The molecule has 2 aromatic carbocycles. The molecular weight excluding hydrogens is 411 g/mol. The van der Waals surface area contributed by atoms with Crippen molar-refractivity contribution in [1.82, 2.24) is 0 Å². The molecule has 0 saturated carbocycles. The summed E-state index contributed by atoms with van der Waals surface area (Å²) >= 11 is 3.13. The SMILES string of the molecule is C=CCBr.C=CCC(O)c1cccc(O)c1.O=Cc1cccc(O)c1.[AlH3]. The van der Waals surface area contributed by atoms with Gasteiger partial charge in [-0.25, -0.2) is 0 Å². The van der Waals surface area contributed by atoms with E-state index >= 15 is 0 Å². The Morgan fingerprint density at radius 3 is 1.92 bits per heavy atom. The summed E-state index contributed by atoms with van der Waals surface area (Å²) in [7, 11) is 0. The van der Waals surface area contributed by atoms with E-state index in [1.807, 2.05) is 0 Å².